The van der Waals surface area contributed by atoms with Crippen molar-refractivity contribution >= 4 is 17.4 Å². The van der Waals surface area contributed by atoms with Crippen molar-refractivity contribution in [2.45, 2.75) is 44.6 Å². The Balaban J connectivity index is 1.60. The van der Waals surface area contributed by atoms with Crippen molar-refractivity contribution in [1.29, 1.82) is 0 Å². The fraction of sp³-hybridized carbons (Fsp3) is 0.474. The third-order valence-electron chi connectivity index (χ3n) is 4.76. The van der Waals surface area contributed by atoms with Crippen molar-refractivity contribution in [3.63, 3.8) is 0 Å². The Hall–Kier alpha value is -1.81. The number of aromatic nitrogens is 2. The molecule has 1 unspecified atom stereocenters. The van der Waals surface area contributed by atoms with Crippen LogP contribution in [0.15, 0.2) is 30.3 Å². The van der Waals surface area contributed by atoms with Crippen LogP contribution < -0.4 is 9.64 Å². The molecule has 0 spiro atoms. The van der Waals surface area contributed by atoms with Crippen molar-refractivity contribution in [1.82, 2.24) is 9.97 Å². The Kier molecular flexibility index (Phi) is 4.31. The molecule has 2 aliphatic rings. The second-order valence-corrected chi connectivity index (χ2v) is 6.92. The fourth-order valence-electron chi connectivity index (χ4n) is 3.43. The lowest BCUT2D eigenvalue weighted by atomic mass is 10.0. The second-order valence-electron chi connectivity index (χ2n) is 6.53. The van der Waals surface area contributed by atoms with E-state index in [0.29, 0.717) is 23.7 Å². The second kappa shape index (κ2) is 6.60. The molecule has 5 heteroatoms. The normalized spacial score (nSPS) is 20.4. The van der Waals surface area contributed by atoms with Crippen molar-refractivity contribution in [2.75, 3.05) is 18.1 Å². The number of anilines is 1. The van der Waals surface area contributed by atoms with Gasteiger partial charge in [-0.1, -0.05) is 23.7 Å². The fourth-order valence-corrected chi connectivity index (χ4v) is 3.62. The van der Waals surface area contributed by atoms with Gasteiger partial charge in [-0.25, -0.2) is 9.97 Å². The first-order chi connectivity index (χ1) is 11.7. The van der Waals surface area contributed by atoms with Crippen molar-refractivity contribution in [3.8, 4) is 5.75 Å². The van der Waals surface area contributed by atoms with E-state index in [1.165, 1.54) is 18.4 Å². The molecule has 0 amide bonds. The van der Waals surface area contributed by atoms with E-state index in [1.807, 2.05) is 13.0 Å². The molecule has 0 radical (unpaired) electrons. The number of halogens is 1. The van der Waals surface area contributed by atoms with Gasteiger partial charge in [0.1, 0.15) is 22.5 Å². The Bertz CT molecular complexity index is 715. The minimum absolute atomic E-state index is 0.346. The highest BCUT2D eigenvalue weighted by molar-refractivity contribution is 6.29. The van der Waals surface area contributed by atoms with Gasteiger partial charge in [-0.05, 0) is 50.3 Å². The Morgan fingerprint density at radius 2 is 1.96 bits per heavy atom. The highest BCUT2D eigenvalue weighted by Crippen LogP contribution is 2.41. The van der Waals surface area contributed by atoms with Gasteiger partial charge in [-0.15, -0.1) is 0 Å². The molecule has 1 atom stereocenters. The van der Waals surface area contributed by atoms with E-state index in [0.717, 1.165) is 36.8 Å². The summed E-state index contributed by atoms with van der Waals surface area (Å²) < 4.78 is 5.55. The van der Waals surface area contributed by atoms with Crippen LogP contribution in [0, 0.1) is 0 Å². The summed E-state index contributed by atoms with van der Waals surface area (Å²) in [7, 11) is 0. The first kappa shape index (κ1) is 15.7. The van der Waals surface area contributed by atoms with Gasteiger partial charge in [0, 0.05) is 18.5 Å². The van der Waals surface area contributed by atoms with Gasteiger partial charge in [-0.3, -0.25) is 0 Å². The van der Waals surface area contributed by atoms with Gasteiger partial charge >= 0.3 is 0 Å². The van der Waals surface area contributed by atoms with Crippen LogP contribution in [0.1, 0.15) is 56.0 Å². The predicted molar refractivity (Wildman–Crippen MR) is 95.9 cm³/mol. The summed E-state index contributed by atoms with van der Waals surface area (Å²) in [5.74, 6) is 3.31. The standard InChI is InChI=1S/C19H22ClN3O/c1-2-24-15-9-7-13(8-10-15)16-4-3-11-23(16)18-12-17(20)21-19(22-18)14-5-6-14/h7-10,12,14,16H,2-6,11H2,1H3. The van der Waals surface area contributed by atoms with E-state index < -0.39 is 0 Å². The molecule has 2 heterocycles. The molecule has 1 aliphatic heterocycles. The summed E-state index contributed by atoms with van der Waals surface area (Å²) >= 11 is 6.26. The van der Waals surface area contributed by atoms with Crippen LogP contribution in [0.2, 0.25) is 5.15 Å². The summed E-state index contributed by atoms with van der Waals surface area (Å²) in [6, 6.07) is 10.7. The average Bonchev–Trinajstić information content (AvgIpc) is 3.32. The molecule has 0 N–H and O–H groups in total. The summed E-state index contributed by atoms with van der Waals surface area (Å²) in [4.78, 5) is 11.6. The summed E-state index contributed by atoms with van der Waals surface area (Å²) in [5, 5.41) is 0.555. The predicted octanol–water partition coefficient (Wildman–Crippen LogP) is 4.75. The lowest BCUT2D eigenvalue weighted by molar-refractivity contribution is 0.340. The van der Waals surface area contributed by atoms with Gasteiger partial charge in [0.2, 0.25) is 0 Å². The number of hydrogen-bond donors (Lipinski definition) is 0. The van der Waals surface area contributed by atoms with Crippen molar-refractivity contribution in [2.24, 2.45) is 0 Å². The van der Waals surface area contributed by atoms with E-state index in [1.54, 1.807) is 0 Å². The molecule has 1 aromatic heterocycles. The Labute approximate surface area is 147 Å². The van der Waals surface area contributed by atoms with Crippen LogP contribution in [0.25, 0.3) is 0 Å². The zero-order valence-corrected chi connectivity index (χ0v) is 14.7. The van der Waals surface area contributed by atoms with Gasteiger partial charge in [0.05, 0.1) is 12.6 Å². The van der Waals surface area contributed by atoms with Crippen LogP contribution in [-0.4, -0.2) is 23.1 Å². The highest BCUT2D eigenvalue weighted by atomic mass is 35.5. The van der Waals surface area contributed by atoms with E-state index in [9.17, 15) is 0 Å². The molecule has 2 aromatic rings. The van der Waals surface area contributed by atoms with Crippen molar-refractivity contribution < 1.29 is 4.74 Å². The molecule has 0 bridgehead atoms. The molecule has 1 saturated heterocycles. The number of hydrogen-bond acceptors (Lipinski definition) is 4. The van der Waals surface area contributed by atoms with Gasteiger partial charge < -0.3 is 9.64 Å². The maximum Gasteiger partial charge on any atom is 0.135 e. The molecule has 4 nitrogen and oxygen atoms in total. The number of ether oxygens (including phenoxy) is 1. The molecular formula is C19H22ClN3O. The largest absolute Gasteiger partial charge is 0.494 e. The highest BCUT2D eigenvalue weighted by Gasteiger charge is 2.31. The van der Waals surface area contributed by atoms with Gasteiger partial charge in [0.25, 0.3) is 0 Å². The first-order valence-electron chi connectivity index (χ1n) is 8.78. The molecule has 1 aromatic carbocycles. The minimum atomic E-state index is 0.346. The maximum atomic E-state index is 6.26. The molecule has 126 valence electrons. The van der Waals surface area contributed by atoms with E-state index in [2.05, 4.69) is 34.1 Å². The molecular weight excluding hydrogens is 322 g/mol. The molecule has 2 fully saturated rings. The molecule has 1 aliphatic carbocycles. The van der Waals surface area contributed by atoms with Crippen LogP contribution >= 0.6 is 11.6 Å². The molecule has 1 saturated carbocycles. The number of nitrogens with zero attached hydrogens (tertiary/aromatic N) is 3. The first-order valence-corrected chi connectivity index (χ1v) is 9.16. The quantitative estimate of drug-likeness (QED) is 0.734. The van der Waals surface area contributed by atoms with E-state index in [-0.39, 0.29) is 0 Å². The third-order valence-corrected chi connectivity index (χ3v) is 4.96. The van der Waals surface area contributed by atoms with E-state index in [4.69, 9.17) is 21.3 Å². The summed E-state index contributed by atoms with van der Waals surface area (Å²) in [5.41, 5.74) is 1.30. The zero-order chi connectivity index (χ0) is 16.5. The minimum Gasteiger partial charge on any atom is -0.494 e. The average molecular weight is 344 g/mol. The molecule has 4 rings (SSSR count). The molecule has 24 heavy (non-hydrogen) atoms. The summed E-state index contributed by atoms with van der Waals surface area (Å²) in [6.07, 6.45) is 4.66. The smallest absolute Gasteiger partial charge is 0.135 e. The number of benzene rings is 1. The van der Waals surface area contributed by atoms with Gasteiger partial charge in [0.15, 0.2) is 0 Å². The van der Waals surface area contributed by atoms with Crippen LogP contribution in [-0.2, 0) is 0 Å². The SMILES string of the molecule is CCOc1ccc(C2CCCN2c2cc(Cl)nc(C3CC3)n2)cc1. The van der Waals surface area contributed by atoms with Crippen LogP contribution in [0.3, 0.4) is 0 Å². The third kappa shape index (κ3) is 3.20. The van der Waals surface area contributed by atoms with Gasteiger partial charge in [-0.2, -0.15) is 0 Å². The zero-order valence-electron chi connectivity index (χ0n) is 13.9. The van der Waals surface area contributed by atoms with Crippen LogP contribution in [0.4, 0.5) is 5.82 Å². The number of rotatable bonds is 5. The monoisotopic (exact) mass is 343 g/mol. The Morgan fingerprint density at radius 1 is 1.17 bits per heavy atom. The Morgan fingerprint density at radius 3 is 2.67 bits per heavy atom. The summed E-state index contributed by atoms with van der Waals surface area (Å²) in [6.45, 7) is 3.70. The van der Waals surface area contributed by atoms with Crippen molar-refractivity contribution in [3.05, 3.63) is 46.9 Å². The lowest BCUT2D eigenvalue weighted by Gasteiger charge is -2.26. The van der Waals surface area contributed by atoms with Crippen LogP contribution in [0.5, 0.6) is 5.75 Å². The maximum absolute atomic E-state index is 6.26. The van der Waals surface area contributed by atoms with E-state index >= 15 is 0 Å². The topological polar surface area (TPSA) is 38.2 Å². The lowest BCUT2D eigenvalue weighted by Crippen LogP contribution is -2.24.